The summed E-state index contributed by atoms with van der Waals surface area (Å²) in [5, 5.41) is 5.47. The van der Waals surface area contributed by atoms with Gasteiger partial charge in [-0.1, -0.05) is 44.2 Å². The largest absolute Gasteiger partial charge is 0.461 e. The van der Waals surface area contributed by atoms with Crippen molar-refractivity contribution in [1.29, 1.82) is 0 Å². The average molecular weight is 405 g/mol. The molecule has 7 heteroatoms. The smallest absolute Gasteiger partial charge is 0.307 e. The highest BCUT2D eigenvalue weighted by molar-refractivity contribution is 5.83. The second-order valence-corrected chi connectivity index (χ2v) is 7.58. The minimum Gasteiger partial charge on any atom is -0.461 e. The first-order valence-corrected chi connectivity index (χ1v) is 10.3. The number of likely N-dealkylation sites (tertiary alicyclic amines) is 1. The van der Waals surface area contributed by atoms with Crippen molar-refractivity contribution in [3.05, 3.63) is 35.9 Å². The van der Waals surface area contributed by atoms with Gasteiger partial charge in [-0.2, -0.15) is 0 Å². The molecule has 2 amide bonds. The first-order valence-electron chi connectivity index (χ1n) is 10.9. The molecular formula is C22H33N3O4. The third-order valence-corrected chi connectivity index (χ3v) is 4.63. The minimum atomic E-state index is -0.395. The van der Waals surface area contributed by atoms with Crippen molar-refractivity contribution in [2.75, 3.05) is 26.2 Å². The lowest BCUT2D eigenvalue weighted by atomic mass is 10.1. The van der Waals surface area contributed by atoms with E-state index in [-0.39, 0.29) is 62.3 Å². The van der Waals surface area contributed by atoms with Gasteiger partial charge in [0.25, 0.3) is 0 Å². The SMILES string of the molecule is [2H]C(C(C)C)N1CCCC1C(=O)NCCC(=O)NCCC(=O)OCc1ccccc1. The number of nitrogens with zero attached hydrogens (tertiary/aromatic N) is 1. The molecule has 2 atom stereocenters. The van der Waals surface area contributed by atoms with E-state index in [1.807, 2.05) is 49.1 Å². The summed E-state index contributed by atoms with van der Waals surface area (Å²) in [5.41, 5.74) is 0.914. The van der Waals surface area contributed by atoms with Crippen molar-refractivity contribution < 1.29 is 20.5 Å². The maximum atomic E-state index is 12.4. The summed E-state index contributed by atoms with van der Waals surface area (Å²) in [6, 6.07) is 9.11. The predicted molar refractivity (Wildman–Crippen MR) is 111 cm³/mol. The quantitative estimate of drug-likeness (QED) is 0.550. The van der Waals surface area contributed by atoms with Crippen LogP contribution in [0.1, 0.15) is 46.5 Å². The molecule has 0 aliphatic carbocycles. The Balaban J connectivity index is 1.58. The lowest BCUT2D eigenvalue weighted by molar-refractivity contribution is -0.144. The molecule has 0 saturated carbocycles. The molecule has 1 aliphatic rings. The molecule has 1 fully saturated rings. The normalized spacial score (nSPS) is 18.2. The molecule has 0 aromatic heterocycles. The highest BCUT2D eigenvalue weighted by Gasteiger charge is 2.30. The molecular weight excluding hydrogens is 370 g/mol. The first kappa shape index (κ1) is 21.3. The van der Waals surface area contributed by atoms with Crippen LogP contribution in [0.4, 0.5) is 0 Å². The van der Waals surface area contributed by atoms with Crippen LogP contribution in [0.25, 0.3) is 0 Å². The van der Waals surface area contributed by atoms with E-state index < -0.39 is 6.52 Å². The fraction of sp³-hybridized carbons (Fsp3) is 0.591. The van der Waals surface area contributed by atoms with Crippen molar-refractivity contribution in [1.82, 2.24) is 15.5 Å². The molecule has 1 saturated heterocycles. The van der Waals surface area contributed by atoms with E-state index >= 15 is 0 Å². The van der Waals surface area contributed by atoms with Crippen molar-refractivity contribution in [3.8, 4) is 0 Å². The zero-order valence-corrected chi connectivity index (χ0v) is 17.4. The molecule has 0 bridgehead atoms. The van der Waals surface area contributed by atoms with Crippen molar-refractivity contribution in [2.24, 2.45) is 5.92 Å². The summed E-state index contributed by atoms with van der Waals surface area (Å²) >= 11 is 0. The fourth-order valence-corrected chi connectivity index (χ4v) is 3.25. The number of carbonyl (C=O) groups excluding carboxylic acids is 3. The standard InChI is InChI=1S/C22H33N3O4/c1-17(2)15-25-14-6-9-19(25)22(28)24-12-10-20(26)23-13-11-21(27)29-16-18-7-4-3-5-8-18/h3-5,7-8,17,19H,6,9-16H2,1-2H3,(H,23,26)(H,24,28)/i15D. The third-order valence-electron chi connectivity index (χ3n) is 4.63. The Hall–Kier alpha value is -2.41. The van der Waals surface area contributed by atoms with E-state index in [4.69, 9.17) is 6.11 Å². The number of hydrogen-bond donors (Lipinski definition) is 2. The number of ether oxygens (including phenoxy) is 1. The van der Waals surface area contributed by atoms with Crippen LogP contribution in [0, 0.1) is 5.92 Å². The molecule has 2 unspecified atom stereocenters. The predicted octanol–water partition coefficient (Wildman–Crippen LogP) is 1.86. The van der Waals surface area contributed by atoms with Crippen LogP contribution in [0.15, 0.2) is 30.3 Å². The summed E-state index contributed by atoms with van der Waals surface area (Å²) in [6.45, 7) is 4.97. The minimum absolute atomic E-state index is 0.0993. The molecule has 0 radical (unpaired) electrons. The summed E-state index contributed by atoms with van der Waals surface area (Å²) in [6.07, 6.45) is 1.89. The van der Waals surface area contributed by atoms with Crippen LogP contribution < -0.4 is 10.6 Å². The van der Waals surface area contributed by atoms with Gasteiger partial charge in [0.1, 0.15) is 6.61 Å². The van der Waals surface area contributed by atoms with Gasteiger partial charge in [0.15, 0.2) is 0 Å². The molecule has 1 aromatic rings. The van der Waals surface area contributed by atoms with Gasteiger partial charge >= 0.3 is 5.97 Å². The monoisotopic (exact) mass is 404 g/mol. The van der Waals surface area contributed by atoms with Crippen molar-refractivity contribution >= 4 is 17.8 Å². The van der Waals surface area contributed by atoms with Crippen LogP contribution in [0.5, 0.6) is 0 Å². The van der Waals surface area contributed by atoms with Crippen LogP contribution in [-0.4, -0.2) is 54.9 Å². The second kappa shape index (κ2) is 12.2. The second-order valence-electron chi connectivity index (χ2n) is 7.58. The van der Waals surface area contributed by atoms with E-state index in [1.165, 1.54) is 0 Å². The van der Waals surface area contributed by atoms with E-state index in [2.05, 4.69) is 10.6 Å². The topological polar surface area (TPSA) is 87.7 Å². The highest BCUT2D eigenvalue weighted by atomic mass is 16.5. The maximum Gasteiger partial charge on any atom is 0.307 e. The lowest BCUT2D eigenvalue weighted by Gasteiger charge is -2.25. The van der Waals surface area contributed by atoms with Gasteiger partial charge in [0.05, 0.1) is 12.5 Å². The van der Waals surface area contributed by atoms with Gasteiger partial charge in [0, 0.05) is 27.4 Å². The molecule has 2 rings (SSSR count). The van der Waals surface area contributed by atoms with Crippen LogP contribution in [0.3, 0.4) is 0 Å². The number of benzene rings is 1. The van der Waals surface area contributed by atoms with E-state index in [0.717, 1.165) is 24.9 Å². The summed E-state index contributed by atoms with van der Waals surface area (Å²) in [4.78, 5) is 38.0. The number of carbonyl (C=O) groups is 3. The van der Waals surface area contributed by atoms with Gasteiger partial charge in [-0.25, -0.2) is 0 Å². The first-order chi connectivity index (χ1) is 14.4. The Bertz CT molecular complexity index is 699. The summed E-state index contributed by atoms with van der Waals surface area (Å²) in [7, 11) is 0. The fourth-order valence-electron chi connectivity index (χ4n) is 3.25. The lowest BCUT2D eigenvalue weighted by Crippen LogP contribution is -2.45. The van der Waals surface area contributed by atoms with Crippen molar-refractivity contribution in [3.63, 3.8) is 0 Å². The van der Waals surface area contributed by atoms with Gasteiger partial charge in [0.2, 0.25) is 11.8 Å². The Morgan fingerprint density at radius 2 is 1.90 bits per heavy atom. The number of rotatable bonds is 11. The van der Waals surface area contributed by atoms with E-state index in [0.29, 0.717) is 0 Å². The molecule has 29 heavy (non-hydrogen) atoms. The molecule has 0 spiro atoms. The molecule has 160 valence electrons. The molecule has 2 N–H and O–H groups in total. The molecule has 1 aromatic carbocycles. The third kappa shape index (κ3) is 8.64. The zero-order valence-electron chi connectivity index (χ0n) is 18.4. The van der Waals surface area contributed by atoms with Crippen LogP contribution in [-0.2, 0) is 25.7 Å². The number of amides is 2. The Labute approximate surface area is 174 Å². The van der Waals surface area contributed by atoms with E-state index in [1.54, 1.807) is 0 Å². The van der Waals surface area contributed by atoms with E-state index in [9.17, 15) is 14.4 Å². The number of esters is 1. The molecule has 1 heterocycles. The Morgan fingerprint density at radius 3 is 2.62 bits per heavy atom. The molecule has 1 aliphatic heterocycles. The van der Waals surface area contributed by atoms with Crippen molar-refractivity contribution in [2.45, 2.75) is 52.2 Å². The summed E-state index contributed by atoms with van der Waals surface area (Å²) < 4.78 is 13.4. The number of hydrogen-bond acceptors (Lipinski definition) is 5. The maximum absolute atomic E-state index is 12.4. The number of nitrogens with one attached hydrogen (secondary N) is 2. The van der Waals surface area contributed by atoms with Gasteiger partial charge in [-0.3, -0.25) is 19.3 Å². The van der Waals surface area contributed by atoms with Gasteiger partial charge < -0.3 is 15.4 Å². The van der Waals surface area contributed by atoms with Crippen LogP contribution >= 0.6 is 0 Å². The van der Waals surface area contributed by atoms with Crippen LogP contribution in [0.2, 0.25) is 0 Å². The Kier molecular flexibility index (Phi) is 8.97. The summed E-state index contributed by atoms with van der Waals surface area (Å²) in [5.74, 6) is -0.565. The van der Waals surface area contributed by atoms with Gasteiger partial charge in [-0.15, -0.1) is 0 Å². The Morgan fingerprint density at radius 1 is 1.17 bits per heavy atom. The molecule has 7 nitrogen and oxygen atoms in total. The average Bonchev–Trinajstić information content (AvgIpc) is 3.22. The zero-order chi connectivity index (χ0) is 21.9. The van der Waals surface area contributed by atoms with Gasteiger partial charge in [-0.05, 0) is 30.9 Å². The highest BCUT2D eigenvalue weighted by Crippen LogP contribution is 2.18.